The van der Waals surface area contributed by atoms with Crippen molar-refractivity contribution in [3.63, 3.8) is 0 Å². The number of hydrogen-bond acceptors (Lipinski definition) is 1. The molecule has 2 heteroatoms. The minimum absolute atomic E-state index is 0.127. The van der Waals surface area contributed by atoms with E-state index in [1.807, 2.05) is 55.2 Å². The summed E-state index contributed by atoms with van der Waals surface area (Å²) in [6.07, 6.45) is 14.5. The largest absolute Gasteiger partial charge is 0.339 e. The van der Waals surface area contributed by atoms with Crippen LogP contribution in [0.15, 0.2) is 60.7 Å². The SMILES string of the molecule is C1=CC=CCC=C1.CCc1ccc(C(=O)N(CC)CC)cc1. The molecule has 1 amide bonds. The number of benzene rings is 1. The first kappa shape index (κ1) is 18.0. The molecule has 1 aromatic rings. The maximum absolute atomic E-state index is 11.9. The summed E-state index contributed by atoms with van der Waals surface area (Å²) < 4.78 is 0. The Morgan fingerprint density at radius 1 is 0.909 bits per heavy atom. The summed E-state index contributed by atoms with van der Waals surface area (Å²) in [5.41, 5.74) is 2.06. The van der Waals surface area contributed by atoms with Gasteiger partial charge in [0.2, 0.25) is 0 Å². The molecule has 2 nitrogen and oxygen atoms in total. The topological polar surface area (TPSA) is 20.3 Å². The van der Waals surface area contributed by atoms with Gasteiger partial charge in [0.25, 0.3) is 5.91 Å². The van der Waals surface area contributed by atoms with E-state index in [9.17, 15) is 4.79 Å². The Balaban J connectivity index is 0.000000287. The Labute approximate surface area is 134 Å². The van der Waals surface area contributed by atoms with Crippen molar-refractivity contribution in [2.45, 2.75) is 33.6 Å². The minimum atomic E-state index is 0.127. The molecular weight excluding hydrogens is 270 g/mol. The second-order valence-corrected chi connectivity index (χ2v) is 5.00. The molecule has 0 fully saturated rings. The van der Waals surface area contributed by atoms with Crippen LogP contribution in [0.5, 0.6) is 0 Å². The van der Waals surface area contributed by atoms with E-state index in [2.05, 4.69) is 31.2 Å². The van der Waals surface area contributed by atoms with Gasteiger partial charge in [0.15, 0.2) is 0 Å². The molecule has 0 spiro atoms. The number of hydrogen-bond donors (Lipinski definition) is 0. The zero-order chi connectivity index (χ0) is 16.2. The molecule has 0 saturated heterocycles. The van der Waals surface area contributed by atoms with Crippen LogP contribution in [0.4, 0.5) is 0 Å². The third-order valence-corrected chi connectivity index (χ3v) is 3.54. The van der Waals surface area contributed by atoms with Crippen LogP contribution in [0.2, 0.25) is 0 Å². The van der Waals surface area contributed by atoms with E-state index in [0.29, 0.717) is 0 Å². The van der Waals surface area contributed by atoms with Gasteiger partial charge in [-0.25, -0.2) is 0 Å². The van der Waals surface area contributed by atoms with Crippen LogP contribution in [0.1, 0.15) is 43.1 Å². The number of carbonyl (C=O) groups is 1. The lowest BCUT2D eigenvalue weighted by Gasteiger charge is -2.18. The second kappa shape index (κ2) is 10.6. The fourth-order valence-corrected chi connectivity index (χ4v) is 2.10. The number of nitrogens with zero attached hydrogens (tertiary/aromatic N) is 1. The molecule has 0 aliphatic heterocycles. The molecule has 118 valence electrons. The Morgan fingerprint density at radius 2 is 1.45 bits per heavy atom. The van der Waals surface area contributed by atoms with Crippen LogP contribution in [0, 0.1) is 0 Å². The Morgan fingerprint density at radius 3 is 1.91 bits per heavy atom. The lowest BCUT2D eigenvalue weighted by atomic mass is 10.1. The maximum Gasteiger partial charge on any atom is 0.253 e. The number of allylic oxidation sites excluding steroid dienone is 6. The zero-order valence-corrected chi connectivity index (χ0v) is 14.0. The Kier molecular flexibility index (Phi) is 8.66. The molecule has 0 radical (unpaired) electrons. The van der Waals surface area contributed by atoms with Gasteiger partial charge in [0.1, 0.15) is 0 Å². The number of aryl methyl sites for hydroxylation is 1. The Bertz CT molecular complexity index is 505. The average Bonchev–Trinajstić information content (AvgIpc) is 2.89. The molecule has 0 saturated carbocycles. The number of rotatable bonds is 4. The van der Waals surface area contributed by atoms with Gasteiger partial charge in [-0.15, -0.1) is 0 Å². The molecule has 22 heavy (non-hydrogen) atoms. The number of carbonyl (C=O) groups excluding carboxylic acids is 1. The van der Waals surface area contributed by atoms with Crippen LogP contribution in [-0.4, -0.2) is 23.9 Å². The van der Waals surface area contributed by atoms with Crippen molar-refractivity contribution >= 4 is 5.91 Å². The van der Waals surface area contributed by atoms with Gasteiger partial charge in [0, 0.05) is 18.7 Å². The molecule has 0 bridgehead atoms. The zero-order valence-electron chi connectivity index (χ0n) is 14.0. The third-order valence-electron chi connectivity index (χ3n) is 3.54. The summed E-state index contributed by atoms with van der Waals surface area (Å²) >= 11 is 0. The van der Waals surface area contributed by atoms with Gasteiger partial charge >= 0.3 is 0 Å². The Hall–Kier alpha value is -2.09. The monoisotopic (exact) mass is 297 g/mol. The quantitative estimate of drug-likeness (QED) is 0.782. The van der Waals surface area contributed by atoms with Crippen LogP contribution >= 0.6 is 0 Å². The molecule has 0 atom stereocenters. The van der Waals surface area contributed by atoms with Crippen molar-refractivity contribution in [1.82, 2.24) is 4.90 Å². The lowest BCUT2D eigenvalue weighted by molar-refractivity contribution is 0.0773. The maximum atomic E-state index is 11.9. The minimum Gasteiger partial charge on any atom is -0.339 e. The standard InChI is InChI=1S/C13H19NO.C7H8/c1-4-11-7-9-12(10-8-11)13(15)14(5-2)6-3;1-2-4-6-7-5-3-1/h7-10H,4-6H2,1-3H3;1-6H,7H2. The molecule has 2 rings (SSSR count). The van der Waals surface area contributed by atoms with E-state index in [4.69, 9.17) is 0 Å². The molecule has 0 unspecified atom stereocenters. The smallest absolute Gasteiger partial charge is 0.253 e. The fraction of sp³-hybridized carbons (Fsp3) is 0.350. The molecule has 0 heterocycles. The first-order chi connectivity index (χ1) is 10.7. The van der Waals surface area contributed by atoms with Gasteiger partial charge in [-0.2, -0.15) is 0 Å². The molecule has 1 aromatic carbocycles. The summed E-state index contributed by atoms with van der Waals surface area (Å²) in [5.74, 6) is 0.127. The van der Waals surface area contributed by atoms with Gasteiger partial charge in [-0.05, 0) is 44.4 Å². The fourth-order valence-electron chi connectivity index (χ4n) is 2.10. The van der Waals surface area contributed by atoms with Crippen molar-refractivity contribution in [1.29, 1.82) is 0 Å². The predicted octanol–water partition coefficient (Wildman–Crippen LogP) is 4.79. The van der Waals surface area contributed by atoms with Crippen molar-refractivity contribution < 1.29 is 4.79 Å². The highest BCUT2D eigenvalue weighted by Crippen LogP contribution is 2.08. The summed E-state index contributed by atoms with van der Waals surface area (Å²) in [5, 5.41) is 0. The first-order valence-electron chi connectivity index (χ1n) is 8.09. The third kappa shape index (κ3) is 6.13. The normalized spacial score (nSPS) is 12.3. The van der Waals surface area contributed by atoms with Crippen molar-refractivity contribution in [2.75, 3.05) is 13.1 Å². The first-order valence-corrected chi connectivity index (χ1v) is 8.09. The van der Waals surface area contributed by atoms with Gasteiger partial charge in [-0.1, -0.05) is 55.5 Å². The predicted molar refractivity (Wildman–Crippen MR) is 95.1 cm³/mol. The molecule has 0 N–H and O–H groups in total. The van der Waals surface area contributed by atoms with Crippen LogP contribution in [-0.2, 0) is 6.42 Å². The summed E-state index contributed by atoms with van der Waals surface area (Å²) in [7, 11) is 0. The van der Waals surface area contributed by atoms with E-state index in [1.165, 1.54) is 5.56 Å². The summed E-state index contributed by atoms with van der Waals surface area (Å²) in [6.45, 7) is 7.65. The van der Waals surface area contributed by atoms with E-state index in [1.54, 1.807) is 0 Å². The highest BCUT2D eigenvalue weighted by atomic mass is 16.2. The van der Waals surface area contributed by atoms with E-state index in [0.717, 1.165) is 31.5 Å². The van der Waals surface area contributed by atoms with Crippen molar-refractivity contribution in [3.05, 3.63) is 71.8 Å². The highest BCUT2D eigenvalue weighted by Gasteiger charge is 2.11. The van der Waals surface area contributed by atoms with Gasteiger partial charge < -0.3 is 4.90 Å². The molecule has 1 aliphatic carbocycles. The van der Waals surface area contributed by atoms with E-state index < -0.39 is 0 Å². The van der Waals surface area contributed by atoms with Gasteiger partial charge in [-0.3, -0.25) is 4.79 Å². The van der Waals surface area contributed by atoms with E-state index in [-0.39, 0.29) is 5.91 Å². The molecule has 0 aromatic heterocycles. The van der Waals surface area contributed by atoms with Crippen LogP contribution in [0.25, 0.3) is 0 Å². The molecular formula is C20H27NO. The molecule has 1 aliphatic rings. The van der Waals surface area contributed by atoms with Crippen LogP contribution in [0.3, 0.4) is 0 Å². The average molecular weight is 297 g/mol. The summed E-state index contributed by atoms with van der Waals surface area (Å²) in [4.78, 5) is 13.8. The second-order valence-electron chi connectivity index (χ2n) is 5.00. The highest BCUT2D eigenvalue weighted by molar-refractivity contribution is 5.94. The van der Waals surface area contributed by atoms with Crippen LogP contribution < -0.4 is 0 Å². The summed E-state index contributed by atoms with van der Waals surface area (Å²) in [6, 6.07) is 7.88. The van der Waals surface area contributed by atoms with Crippen molar-refractivity contribution in [2.24, 2.45) is 0 Å². The van der Waals surface area contributed by atoms with Crippen molar-refractivity contribution in [3.8, 4) is 0 Å². The van der Waals surface area contributed by atoms with Gasteiger partial charge in [0.05, 0.1) is 0 Å². The lowest BCUT2D eigenvalue weighted by Crippen LogP contribution is -2.30. The number of amides is 1. The van der Waals surface area contributed by atoms with E-state index >= 15 is 0 Å².